The highest BCUT2D eigenvalue weighted by Gasteiger charge is 2.30. The zero-order valence-corrected chi connectivity index (χ0v) is 19.2. The van der Waals surface area contributed by atoms with Gasteiger partial charge in [-0.3, -0.25) is 9.36 Å². The van der Waals surface area contributed by atoms with Crippen molar-refractivity contribution in [2.75, 3.05) is 6.61 Å². The van der Waals surface area contributed by atoms with Gasteiger partial charge in [0.1, 0.15) is 0 Å². The largest absolute Gasteiger partial charge is 0.463 e. The van der Waals surface area contributed by atoms with E-state index in [0.29, 0.717) is 25.6 Å². The molecule has 3 aromatic rings. The van der Waals surface area contributed by atoms with Gasteiger partial charge in [0.15, 0.2) is 4.80 Å². The van der Waals surface area contributed by atoms with Crippen LogP contribution in [0.15, 0.2) is 81.7 Å². The average Bonchev–Trinajstić information content (AvgIpc) is 3.09. The number of carbonyl (C=O) groups is 1. The van der Waals surface area contributed by atoms with Gasteiger partial charge >= 0.3 is 5.97 Å². The van der Waals surface area contributed by atoms with Crippen molar-refractivity contribution in [3.63, 3.8) is 0 Å². The Morgan fingerprint density at radius 3 is 2.62 bits per heavy atom. The summed E-state index contributed by atoms with van der Waals surface area (Å²) in [6.07, 6.45) is 5.50. The Kier molecular flexibility index (Phi) is 6.53. The maximum Gasteiger partial charge on any atom is 0.338 e. The van der Waals surface area contributed by atoms with Crippen molar-refractivity contribution in [3.8, 4) is 0 Å². The third kappa shape index (κ3) is 4.38. The first kappa shape index (κ1) is 22.0. The van der Waals surface area contributed by atoms with Crippen molar-refractivity contribution in [1.82, 2.24) is 4.57 Å². The average molecular weight is 465 g/mol. The first-order chi connectivity index (χ1) is 15.5. The molecule has 162 valence electrons. The Balaban J connectivity index is 1.89. The van der Waals surface area contributed by atoms with Crippen molar-refractivity contribution >= 4 is 41.1 Å². The highest BCUT2D eigenvalue weighted by molar-refractivity contribution is 7.07. The molecule has 1 atom stereocenters. The van der Waals surface area contributed by atoms with Gasteiger partial charge in [-0.2, -0.15) is 0 Å². The van der Waals surface area contributed by atoms with E-state index < -0.39 is 12.0 Å². The predicted molar refractivity (Wildman–Crippen MR) is 128 cm³/mol. The number of benzene rings is 2. The zero-order valence-electron chi connectivity index (χ0n) is 17.6. The number of hydrogen-bond acceptors (Lipinski definition) is 5. The lowest BCUT2D eigenvalue weighted by Gasteiger charge is -2.21. The summed E-state index contributed by atoms with van der Waals surface area (Å²) in [5.41, 5.74) is 2.37. The number of rotatable bonds is 5. The third-order valence-corrected chi connectivity index (χ3v) is 6.35. The van der Waals surface area contributed by atoms with Crippen LogP contribution >= 0.6 is 22.9 Å². The summed E-state index contributed by atoms with van der Waals surface area (Å²) in [7, 11) is 0. The lowest BCUT2D eigenvalue weighted by atomic mass is 10.0. The first-order valence-corrected chi connectivity index (χ1v) is 11.4. The van der Waals surface area contributed by atoms with Crippen LogP contribution in [0.4, 0.5) is 0 Å². The van der Waals surface area contributed by atoms with Gasteiger partial charge in [-0.25, -0.2) is 9.79 Å². The predicted octanol–water partition coefficient (Wildman–Crippen LogP) is 4.12. The molecule has 7 heteroatoms. The van der Waals surface area contributed by atoms with Crippen molar-refractivity contribution in [3.05, 3.63) is 108 Å². The summed E-state index contributed by atoms with van der Waals surface area (Å²) < 4.78 is 7.32. The molecule has 2 aromatic carbocycles. The highest BCUT2D eigenvalue weighted by Crippen LogP contribution is 2.26. The Morgan fingerprint density at radius 2 is 1.91 bits per heavy atom. The fraction of sp³-hybridized carbons (Fsp3) is 0.160. The minimum Gasteiger partial charge on any atom is -0.463 e. The van der Waals surface area contributed by atoms with Crippen LogP contribution in [0.25, 0.3) is 12.2 Å². The maximum atomic E-state index is 13.4. The second kappa shape index (κ2) is 9.51. The Morgan fingerprint density at radius 1 is 1.19 bits per heavy atom. The molecular formula is C25H21ClN2O3S. The van der Waals surface area contributed by atoms with Gasteiger partial charge in [0.05, 0.1) is 28.5 Å². The number of esters is 1. The summed E-state index contributed by atoms with van der Waals surface area (Å²) in [5, 5.41) is 0.558. The van der Waals surface area contributed by atoms with E-state index in [1.165, 1.54) is 11.3 Å². The van der Waals surface area contributed by atoms with Crippen molar-refractivity contribution < 1.29 is 9.53 Å². The number of fused-ring (bicyclic) bond motifs is 1. The second-order valence-electron chi connectivity index (χ2n) is 7.14. The summed E-state index contributed by atoms with van der Waals surface area (Å²) in [6.45, 7) is 3.75. The van der Waals surface area contributed by atoms with Crippen LogP contribution in [0.2, 0.25) is 5.02 Å². The van der Waals surface area contributed by atoms with Gasteiger partial charge < -0.3 is 4.74 Å². The van der Waals surface area contributed by atoms with Crippen LogP contribution in [0, 0.1) is 0 Å². The van der Waals surface area contributed by atoms with E-state index in [4.69, 9.17) is 16.3 Å². The molecule has 0 N–H and O–H groups in total. The SMILES string of the molecule is CCOC(=O)C1=C(C)N=c2s/c(=C/c3ccccc3Cl)c(=O)n2C1/C=C/c1ccccc1. The Labute approximate surface area is 194 Å². The van der Waals surface area contributed by atoms with E-state index in [1.54, 1.807) is 30.6 Å². The molecule has 0 spiro atoms. The normalized spacial score (nSPS) is 16.2. The van der Waals surface area contributed by atoms with Crippen molar-refractivity contribution in [1.29, 1.82) is 0 Å². The van der Waals surface area contributed by atoms with Gasteiger partial charge in [0.2, 0.25) is 0 Å². The molecule has 0 saturated carbocycles. The van der Waals surface area contributed by atoms with E-state index in [-0.39, 0.29) is 12.2 Å². The fourth-order valence-corrected chi connectivity index (χ4v) is 4.75. The molecule has 1 aliphatic rings. The van der Waals surface area contributed by atoms with Gasteiger partial charge in [-0.1, -0.05) is 83.6 Å². The minimum atomic E-state index is -0.626. The number of allylic oxidation sites excluding steroid dienone is 2. The van der Waals surface area contributed by atoms with Crippen molar-refractivity contribution in [2.45, 2.75) is 19.9 Å². The summed E-state index contributed by atoms with van der Waals surface area (Å²) in [6, 6.07) is 16.4. The molecule has 5 nitrogen and oxygen atoms in total. The number of carbonyl (C=O) groups excluding carboxylic acids is 1. The van der Waals surface area contributed by atoms with Gasteiger partial charge in [-0.15, -0.1) is 0 Å². The number of hydrogen-bond donors (Lipinski definition) is 0. The number of ether oxygens (including phenoxy) is 1. The maximum absolute atomic E-state index is 13.4. The third-order valence-electron chi connectivity index (χ3n) is 5.02. The topological polar surface area (TPSA) is 60.7 Å². The van der Waals surface area contributed by atoms with Crippen LogP contribution in [-0.4, -0.2) is 17.1 Å². The monoisotopic (exact) mass is 464 g/mol. The van der Waals surface area contributed by atoms with Gasteiger partial charge in [-0.05, 0) is 37.1 Å². The van der Waals surface area contributed by atoms with E-state index >= 15 is 0 Å². The molecule has 0 radical (unpaired) electrons. The standard InChI is InChI=1S/C25H21ClN2O3S/c1-3-31-24(30)22-16(2)27-25-28(20(22)14-13-17-9-5-4-6-10-17)23(29)21(32-25)15-18-11-7-8-12-19(18)26/h4-15,20H,3H2,1-2H3/b14-13+,21-15+. The van der Waals surface area contributed by atoms with Gasteiger partial charge in [0, 0.05) is 5.02 Å². The highest BCUT2D eigenvalue weighted by atomic mass is 35.5. The molecular weight excluding hydrogens is 444 g/mol. The second-order valence-corrected chi connectivity index (χ2v) is 8.55. The molecule has 0 amide bonds. The van der Waals surface area contributed by atoms with Crippen LogP contribution in [0.3, 0.4) is 0 Å². The molecule has 0 bridgehead atoms. The molecule has 0 saturated heterocycles. The molecule has 0 aliphatic carbocycles. The van der Waals surface area contributed by atoms with Crippen LogP contribution < -0.4 is 14.9 Å². The summed E-state index contributed by atoms with van der Waals surface area (Å²) in [5.74, 6) is -0.475. The van der Waals surface area contributed by atoms with Crippen LogP contribution in [0.1, 0.15) is 31.0 Å². The van der Waals surface area contributed by atoms with E-state index in [1.807, 2.05) is 60.7 Å². The smallest absolute Gasteiger partial charge is 0.338 e. The number of halogens is 1. The minimum absolute atomic E-state index is 0.231. The lowest BCUT2D eigenvalue weighted by molar-refractivity contribution is -0.139. The Hall–Kier alpha value is -3.22. The van der Waals surface area contributed by atoms with E-state index in [2.05, 4.69) is 4.99 Å². The van der Waals surface area contributed by atoms with Crippen molar-refractivity contribution in [2.24, 2.45) is 4.99 Å². The van der Waals surface area contributed by atoms with E-state index in [0.717, 1.165) is 11.1 Å². The first-order valence-electron chi connectivity index (χ1n) is 10.2. The summed E-state index contributed by atoms with van der Waals surface area (Å²) >= 11 is 7.55. The molecule has 2 heterocycles. The Bertz CT molecular complexity index is 1400. The quantitative estimate of drug-likeness (QED) is 0.534. The molecule has 1 aromatic heterocycles. The van der Waals surface area contributed by atoms with Crippen LogP contribution in [-0.2, 0) is 9.53 Å². The molecule has 4 rings (SSSR count). The molecule has 0 fully saturated rings. The summed E-state index contributed by atoms with van der Waals surface area (Å²) in [4.78, 5) is 31.3. The molecule has 1 unspecified atom stereocenters. The molecule has 1 aliphatic heterocycles. The van der Waals surface area contributed by atoms with E-state index in [9.17, 15) is 9.59 Å². The number of nitrogens with zero attached hydrogens (tertiary/aromatic N) is 2. The van der Waals surface area contributed by atoms with Crippen LogP contribution in [0.5, 0.6) is 0 Å². The number of aromatic nitrogens is 1. The zero-order chi connectivity index (χ0) is 22.7. The molecule has 32 heavy (non-hydrogen) atoms. The fourth-order valence-electron chi connectivity index (χ4n) is 3.52. The number of thiazole rings is 1. The van der Waals surface area contributed by atoms with Gasteiger partial charge in [0.25, 0.3) is 5.56 Å². The lowest BCUT2D eigenvalue weighted by Crippen LogP contribution is -2.38.